The Balaban J connectivity index is 0.000000266. The summed E-state index contributed by atoms with van der Waals surface area (Å²) in [6.07, 6.45) is 1.39. The molecule has 0 saturated heterocycles. The number of pyridine rings is 3. The van der Waals surface area contributed by atoms with Gasteiger partial charge in [-0.3, -0.25) is 9.78 Å². The van der Waals surface area contributed by atoms with Crippen molar-refractivity contribution in [1.82, 2.24) is 18.9 Å². The first-order valence-corrected chi connectivity index (χ1v) is 20.6. The first kappa shape index (κ1) is 37.0. The van der Waals surface area contributed by atoms with Crippen LogP contribution in [0.4, 0.5) is 0 Å². The average molecular weight is 986 g/mol. The molecule has 0 amide bonds. The van der Waals surface area contributed by atoms with Crippen LogP contribution in [0, 0.1) is 19.0 Å². The summed E-state index contributed by atoms with van der Waals surface area (Å²) in [5.41, 5.74) is 9.65. The predicted octanol–water partition coefficient (Wildman–Crippen LogP) is 12.6. The van der Waals surface area contributed by atoms with Gasteiger partial charge in [0, 0.05) is 57.8 Å². The Labute approximate surface area is 377 Å². The maximum absolute atomic E-state index is 14.4. The van der Waals surface area contributed by atoms with Crippen molar-refractivity contribution in [2.24, 2.45) is 0 Å². The number of rotatable bonds is 5. The molecule has 0 unspecified atom stereocenters. The molecule has 1 radical (unpaired) electrons. The molecule has 6 nitrogen and oxygen atoms in total. The second-order valence-corrected chi connectivity index (χ2v) is 16.1. The van der Waals surface area contributed by atoms with Crippen LogP contribution < -0.4 is 10.9 Å². The summed E-state index contributed by atoms with van der Waals surface area (Å²) in [6, 6.07) is 53.6. The smallest absolute Gasteiger partial charge is 0.182 e. The van der Waals surface area contributed by atoms with Gasteiger partial charge in [-0.05, 0) is 81.6 Å². The van der Waals surface area contributed by atoms with E-state index in [0.717, 1.165) is 49.8 Å². The maximum Gasteiger partial charge on any atom is 0.182 e. The van der Waals surface area contributed by atoms with E-state index in [1.54, 1.807) is 18.2 Å². The van der Waals surface area contributed by atoms with Crippen molar-refractivity contribution in [2.75, 3.05) is 0 Å². The van der Waals surface area contributed by atoms with Crippen LogP contribution in [0.3, 0.4) is 0 Å². The molecule has 0 atom stereocenters. The number of nitrogens with zero attached hydrogens (tertiary/aromatic N) is 4. The summed E-state index contributed by atoms with van der Waals surface area (Å²) >= 11 is 0. The number of aryl methyl sites for hydroxylation is 1. The quantitative estimate of drug-likeness (QED) is 0.0979. The molecule has 0 spiro atoms. The number of para-hydroxylation sites is 3. The molecule has 0 aliphatic heterocycles. The molecule has 0 aliphatic rings. The van der Waals surface area contributed by atoms with Crippen LogP contribution >= 0.6 is 0 Å². The third kappa shape index (κ3) is 6.69. The minimum absolute atomic E-state index is 0. The fraction of sp³-hybridized carbons (Fsp3) is 0.127. The summed E-state index contributed by atoms with van der Waals surface area (Å²) in [7, 11) is 0. The van der Waals surface area contributed by atoms with Gasteiger partial charge in [-0.2, -0.15) is 0 Å². The van der Waals surface area contributed by atoms with Gasteiger partial charge in [0.25, 0.3) is 0 Å². The van der Waals surface area contributed by atoms with Crippen LogP contribution in [-0.2, 0) is 20.1 Å². The fourth-order valence-electron chi connectivity index (χ4n) is 8.75. The first-order chi connectivity index (χ1) is 30.9. The molecule has 4 heterocycles. The Kier molecular flexibility index (Phi) is 9.70. The molecule has 7 aromatic carbocycles. The largest absolute Gasteiger partial charge is 0.342 e. The van der Waals surface area contributed by atoms with Gasteiger partial charge in [-0.25, -0.2) is 0 Å². The van der Waals surface area contributed by atoms with Crippen LogP contribution in [0.15, 0.2) is 161 Å². The van der Waals surface area contributed by atoms with Crippen molar-refractivity contribution in [1.29, 1.82) is 0 Å². The Morgan fingerprint density at radius 1 is 0.629 bits per heavy atom. The van der Waals surface area contributed by atoms with Gasteiger partial charge in [0.2, 0.25) is 0 Å². The number of imidazole rings is 1. The SMILES string of the molecule is CC(C)c1cccc(C(C)C)c1-n1c(-c2[c-]c3c(=O)c4ccccc4n4c5ccccc5c(=O)c(c2)c34)nc2ccc3ccccc3c21.[2H]C([2H])([2H])c1ccc(-c2[c-]cccc2)nc1.[Ir]. The maximum atomic E-state index is 14.4. The van der Waals surface area contributed by atoms with Crippen LogP contribution in [0.5, 0.6) is 0 Å². The molecule has 305 valence electrons. The number of fused-ring (bicyclic) bond motifs is 7. The van der Waals surface area contributed by atoms with E-state index in [-0.39, 0.29) is 48.4 Å². The molecular weight excluding hydrogens is 941 g/mol. The molecule has 0 N–H and O–H groups in total. The van der Waals surface area contributed by atoms with E-state index < -0.39 is 6.85 Å². The van der Waals surface area contributed by atoms with E-state index in [0.29, 0.717) is 38.4 Å². The molecule has 0 bridgehead atoms. The van der Waals surface area contributed by atoms with E-state index in [4.69, 9.17) is 9.10 Å². The van der Waals surface area contributed by atoms with Crippen LogP contribution in [0.25, 0.3) is 88.2 Å². The Morgan fingerprint density at radius 3 is 1.94 bits per heavy atom. The van der Waals surface area contributed by atoms with Gasteiger partial charge >= 0.3 is 0 Å². The summed E-state index contributed by atoms with van der Waals surface area (Å²) < 4.78 is 26.0. The standard InChI is InChI=1S/C43H32N3O2.C12H10N.Ir/c1-24(2)28-16-11-17-29(25(3)4)38(28)46-40-30-13-6-5-12-26(30)20-21-35(40)44-43(46)27-22-33-39-34(23-27)42(48)32-15-8-10-19-37(32)45(39)36-18-9-7-14-31(36)41(33)47;1-10-7-8-12(13-9-10)11-5-3-2-4-6-11;/h5-22,24-25H,1-4H3;2-5,7-9H,1H3;/q2*-1;/i;1D3;. The molecule has 4 aromatic heterocycles. The normalized spacial score (nSPS) is 12.5. The van der Waals surface area contributed by atoms with Crippen LogP contribution in [-0.4, -0.2) is 18.9 Å². The molecule has 11 rings (SSSR count). The van der Waals surface area contributed by atoms with Crippen LogP contribution in [0.2, 0.25) is 0 Å². The van der Waals surface area contributed by atoms with Crippen molar-refractivity contribution < 1.29 is 24.2 Å². The monoisotopic (exact) mass is 986 g/mol. The minimum atomic E-state index is -2.09. The summed E-state index contributed by atoms with van der Waals surface area (Å²) in [5, 5.41) is 4.25. The van der Waals surface area contributed by atoms with E-state index in [1.807, 2.05) is 72.8 Å². The zero-order valence-corrected chi connectivity index (χ0v) is 36.9. The molecule has 0 aliphatic carbocycles. The van der Waals surface area contributed by atoms with E-state index >= 15 is 0 Å². The Morgan fingerprint density at radius 2 is 1.29 bits per heavy atom. The second-order valence-electron chi connectivity index (χ2n) is 16.1. The van der Waals surface area contributed by atoms with E-state index in [2.05, 4.69) is 108 Å². The van der Waals surface area contributed by atoms with Crippen molar-refractivity contribution in [3.8, 4) is 28.3 Å². The van der Waals surface area contributed by atoms with Gasteiger partial charge in [-0.1, -0.05) is 130 Å². The Bertz CT molecular complexity index is 3580. The Hall–Kier alpha value is -6.79. The fourth-order valence-corrected chi connectivity index (χ4v) is 8.75. The first-order valence-electron chi connectivity index (χ1n) is 22.1. The molecule has 62 heavy (non-hydrogen) atoms. The predicted molar refractivity (Wildman–Crippen MR) is 251 cm³/mol. The molecule has 11 aromatic rings. The van der Waals surface area contributed by atoms with Crippen molar-refractivity contribution in [3.05, 3.63) is 201 Å². The average Bonchev–Trinajstić information content (AvgIpc) is 3.71. The van der Waals surface area contributed by atoms with E-state index in [9.17, 15) is 9.59 Å². The van der Waals surface area contributed by atoms with E-state index in [1.165, 1.54) is 17.3 Å². The molecular formula is C55H42IrN4O2-2. The zero-order valence-electron chi connectivity index (χ0n) is 37.5. The van der Waals surface area contributed by atoms with Crippen molar-refractivity contribution in [3.63, 3.8) is 0 Å². The summed E-state index contributed by atoms with van der Waals surface area (Å²) in [5.74, 6) is 1.12. The summed E-state index contributed by atoms with van der Waals surface area (Å²) in [6.45, 7) is 6.78. The van der Waals surface area contributed by atoms with Crippen molar-refractivity contribution >= 4 is 59.9 Å². The van der Waals surface area contributed by atoms with Gasteiger partial charge in [0.1, 0.15) is 5.43 Å². The van der Waals surface area contributed by atoms with Gasteiger partial charge < -0.3 is 18.7 Å². The molecule has 0 saturated carbocycles. The van der Waals surface area contributed by atoms with Gasteiger partial charge in [0.15, 0.2) is 5.43 Å². The number of hydrogen-bond acceptors (Lipinski definition) is 4. The zero-order chi connectivity index (χ0) is 44.4. The minimum Gasteiger partial charge on any atom is -0.342 e. The summed E-state index contributed by atoms with van der Waals surface area (Å²) in [4.78, 5) is 38.1. The van der Waals surface area contributed by atoms with Gasteiger partial charge in [-0.15, -0.1) is 48.0 Å². The van der Waals surface area contributed by atoms with Gasteiger partial charge in [0.05, 0.1) is 22.4 Å². The molecule has 0 fully saturated rings. The van der Waals surface area contributed by atoms with Crippen LogP contribution in [0.1, 0.15) is 60.3 Å². The van der Waals surface area contributed by atoms with Crippen molar-refractivity contribution in [2.45, 2.75) is 46.4 Å². The topological polar surface area (TPSA) is 69.3 Å². The third-order valence-electron chi connectivity index (χ3n) is 11.6. The number of aromatic nitrogens is 4. The molecule has 7 heteroatoms. The third-order valence-corrected chi connectivity index (χ3v) is 11.6. The number of hydrogen-bond donors (Lipinski definition) is 0. The second kappa shape index (κ2) is 16.2. The number of benzene rings is 7.